The number of rotatable bonds is 5. The van der Waals surface area contributed by atoms with Crippen molar-refractivity contribution in [2.24, 2.45) is 5.41 Å². The van der Waals surface area contributed by atoms with Gasteiger partial charge in [0.05, 0.1) is 6.04 Å². The van der Waals surface area contributed by atoms with Gasteiger partial charge < -0.3 is 10.6 Å². The Labute approximate surface area is 106 Å². The first-order valence-electron chi connectivity index (χ1n) is 6.83. The highest BCUT2D eigenvalue weighted by Crippen LogP contribution is 2.43. The van der Waals surface area contributed by atoms with Crippen molar-refractivity contribution in [3.8, 4) is 0 Å². The number of carbonyl (C=O) groups is 1. The van der Waals surface area contributed by atoms with E-state index in [-0.39, 0.29) is 17.5 Å². The summed E-state index contributed by atoms with van der Waals surface area (Å²) in [5, 5.41) is 6.39. The van der Waals surface area contributed by atoms with Crippen molar-refractivity contribution in [2.45, 2.75) is 71.9 Å². The van der Waals surface area contributed by atoms with Gasteiger partial charge in [-0.15, -0.1) is 0 Å². The van der Waals surface area contributed by atoms with Crippen LogP contribution in [-0.2, 0) is 4.79 Å². The van der Waals surface area contributed by atoms with E-state index in [0.717, 1.165) is 6.54 Å². The van der Waals surface area contributed by atoms with E-state index in [1.165, 1.54) is 25.7 Å². The van der Waals surface area contributed by atoms with E-state index in [2.05, 4.69) is 17.6 Å². The van der Waals surface area contributed by atoms with E-state index in [1.807, 2.05) is 27.7 Å². The van der Waals surface area contributed by atoms with Gasteiger partial charge >= 0.3 is 0 Å². The minimum Gasteiger partial charge on any atom is -0.350 e. The first-order chi connectivity index (χ1) is 7.78. The minimum atomic E-state index is -0.147. The van der Waals surface area contributed by atoms with E-state index in [1.54, 1.807) is 0 Å². The monoisotopic (exact) mass is 240 g/mol. The smallest absolute Gasteiger partial charge is 0.237 e. The van der Waals surface area contributed by atoms with E-state index >= 15 is 0 Å². The molecule has 17 heavy (non-hydrogen) atoms. The summed E-state index contributed by atoms with van der Waals surface area (Å²) in [6.07, 6.45) is 5.18. The van der Waals surface area contributed by atoms with Gasteiger partial charge in [0.25, 0.3) is 0 Å². The molecule has 1 rings (SSSR count). The Balaban J connectivity index is 2.34. The molecular weight excluding hydrogens is 212 g/mol. The van der Waals surface area contributed by atoms with Crippen molar-refractivity contribution in [3.63, 3.8) is 0 Å². The van der Waals surface area contributed by atoms with Crippen LogP contribution >= 0.6 is 0 Å². The first-order valence-corrected chi connectivity index (χ1v) is 6.83. The topological polar surface area (TPSA) is 41.1 Å². The van der Waals surface area contributed by atoms with Gasteiger partial charge in [-0.05, 0) is 52.4 Å². The Kier molecular flexibility index (Phi) is 4.59. The SMILES string of the molecule is CCC1(CNC(C)C(=O)NC(C)(C)C)CCC1. The lowest BCUT2D eigenvalue weighted by molar-refractivity contribution is -0.124. The summed E-state index contributed by atoms with van der Waals surface area (Å²) < 4.78 is 0. The molecule has 0 bridgehead atoms. The van der Waals surface area contributed by atoms with Crippen LogP contribution in [0, 0.1) is 5.41 Å². The molecule has 2 N–H and O–H groups in total. The number of hydrogen-bond donors (Lipinski definition) is 2. The predicted octanol–water partition coefficient (Wildman–Crippen LogP) is 2.46. The Morgan fingerprint density at radius 3 is 2.29 bits per heavy atom. The summed E-state index contributed by atoms with van der Waals surface area (Å²) in [5.74, 6) is 0.100. The van der Waals surface area contributed by atoms with Crippen molar-refractivity contribution >= 4 is 5.91 Å². The molecule has 0 radical (unpaired) electrons. The molecule has 1 amide bonds. The lowest BCUT2D eigenvalue weighted by Crippen LogP contribution is -2.52. The third kappa shape index (κ3) is 4.30. The van der Waals surface area contributed by atoms with Gasteiger partial charge in [0, 0.05) is 12.1 Å². The molecular formula is C14H28N2O. The molecule has 0 aromatic heterocycles. The third-order valence-electron chi connectivity index (χ3n) is 3.84. The average Bonchev–Trinajstić information content (AvgIpc) is 2.13. The zero-order valence-corrected chi connectivity index (χ0v) is 12.0. The standard InChI is InChI=1S/C14H28N2O/c1-6-14(8-7-9-14)10-15-11(2)12(17)16-13(3,4)5/h11,15H,6-10H2,1-5H3,(H,16,17). The van der Waals surface area contributed by atoms with Gasteiger partial charge in [0.15, 0.2) is 0 Å². The molecule has 0 spiro atoms. The second-order valence-corrected chi connectivity index (χ2v) is 6.55. The molecule has 1 aliphatic rings. The highest BCUT2D eigenvalue weighted by molar-refractivity contribution is 5.81. The molecule has 0 aliphatic heterocycles. The zero-order chi connectivity index (χ0) is 13.1. The van der Waals surface area contributed by atoms with Crippen molar-refractivity contribution in [1.29, 1.82) is 0 Å². The van der Waals surface area contributed by atoms with Crippen molar-refractivity contribution in [2.75, 3.05) is 6.54 Å². The number of nitrogens with one attached hydrogen (secondary N) is 2. The average molecular weight is 240 g/mol. The molecule has 3 nitrogen and oxygen atoms in total. The van der Waals surface area contributed by atoms with Crippen molar-refractivity contribution < 1.29 is 4.79 Å². The maximum absolute atomic E-state index is 11.9. The third-order valence-corrected chi connectivity index (χ3v) is 3.84. The van der Waals surface area contributed by atoms with Gasteiger partial charge in [-0.25, -0.2) is 0 Å². The van der Waals surface area contributed by atoms with E-state index in [4.69, 9.17) is 0 Å². The second kappa shape index (κ2) is 5.38. The fourth-order valence-electron chi connectivity index (χ4n) is 2.27. The van der Waals surface area contributed by atoms with Gasteiger partial charge in [-0.3, -0.25) is 4.79 Å². The maximum atomic E-state index is 11.9. The Bertz CT molecular complexity index is 258. The van der Waals surface area contributed by atoms with Gasteiger partial charge in [-0.1, -0.05) is 13.3 Å². The first kappa shape index (κ1) is 14.5. The second-order valence-electron chi connectivity index (χ2n) is 6.55. The molecule has 0 aromatic rings. The summed E-state index contributed by atoms with van der Waals surface area (Å²) in [7, 11) is 0. The Hall–Kier alpha value is -0.570. The van der Waals surface area contributed by atoms with Crippen molar-refractivity contribution in [1.82, 2.24) is 10.6 Å². The molecule has 100 valence electrons. The zero-order valence-electron chi connectivity index (χ0n) is 12.0. The fourth-order valence-corrected chi connectivity index (χ4v) is 2.27. The molecule has 0 heterocycles. The van der Waals surface area contributed by atoms with Crippen LogP contribution in [0.15, 0.2) is 0 Å². The van der Waals surface area contributed by atoms with Crippen LogP contribution in [0.4, 0.5) is 0 Å². The molecule has 3 heteroatoms. The largest absolute Gasteiger partial charge is 0.350 e. The molecule has 1 fully saturated rings. The maximum Gasteiger partial charge on any atom is 0.237 e. The Morgan fingerprint density at radius 2 is 1.94 bits per heavy atom. The lowest BCUT2D eigenvalue weighted by Gasteiger charge is -2.42. The van der Waals surface area contributed by atoms with E-state index in [9.17, 15) is 4.79 Å². The van der Waals surface area contributed by atoms with Crippen molar-refractivity contribution in [3.05, 3.63) is 0 Å². The molecule has 0 aromatic carbocycles. The van der Waals surface area contributed by atoms with Gasteiger partial charge in [0.2, 0.25) is 5.91 Å². The van der Waals surface area contributed by atoms with Crippen LogP contribution < -0.4 is 10.6 Å². The lowest BCUT2D eigenvalue weighted by atomic mass is 9.67. The number of amides is 1. The van der Waals surface area contributed by atoms with Crippen LogP contribution in [0.3, 0.4) is 0 Å². The quantitative estimate of drug-likeness (QED) is 0.775. The highest BCUT2D eigenvalue weighted by atomic mass is 16.2. The summed E-state index contributed by atoms with van der Waals surface area (Å²) >= 11 is 0. The summed E-state index contributed by atoms with van der Waals surface area (Å²) in [6, 6.07) is -0.0988. The van der Waals surface area contributed by atoms with Gasteiger partial charge in [0.1, 0.15) is 0 Å². The summed E-state index contributed by atoms with van der Waals surface area (Å²) in [6.45, 7) is 11.2. The molecule has 1 atom stereocenters. The normalized spacial score (nSPS) is 20.5. The van der Waals surface area contributed by atoms with E-state index in [0.29, 0.717) is 5.41 Å². The minimum absolute atomic E-state index is 0.0988. The van der Waals surface area contributed by atoms with Crippen LogP contribution in [0.25, 0.3) is 0 Å². The summed E-state index contributed by atoms with van der Waals surface area (Å²) in [4.78, 5) is 11.9. The number of carbonyl (C=O) groups excluding carboxylic acids is 1. The summed E-state index contributed by atoms with van der Waals surface area (Å²) in [5.41, 5.74) is 0.322. The molecule has 0 saturated heterocycles. The highest BCUT2D eigenvalue weighted by Gasteiger charge is 2.35. The fraction of sp³-hybridized carbons (Fsp3) is 0.929. The molecule has 1 unspecified atom stereocenters. The van der Waals surface area contributed by atoms with Crippen LogP contribution in [0.2, 0.25) is 0 Å². The van der Waals surface area contributed by atoms with Crippen LogP contribution in [-0.4, -0.2) is 24.0 Å². The van der Waals surface area contributed by atoms with Crippen LogP contribution in [0.5, 0.6) is 0 Å². The molecule has 1 aliphatic carbocycles. The van der Waals surface area contributed by atoms with Gasteiger partial charge in [-0.2, -0.15) is 0 Å². The number of hydrogen-bond acceptors (Lipinski definition) is 2. The van der Waals surface area contributed by atoms with E-state index < -0.39 is 0 Å². The molecule has 1 saturated carbocycles. The van der Waals surface area contributed by atoms with Crippen LogP contribution in [0.1, 0.15) is 60.3 Å². The Morgan fingerprint density at radius 1 is 1.35 bits per heavy atom. The predicted molar refractivity (Wildman–Crippen MR) is 71.9 cm³/mol.